The first kappa shape index (κ1) is 13.2. The summed E-state index contributed by atoms with van der Waals surface area (Å²) < 4.78 is 18.6. The first-order chi connectivity index (χ1) is 8.65. The molecule has 1 aromatic carbocycles. The van der Waals surface area contributed by atoms with Crippen LogP contribution in [0.3, 0.4) is 0 Å². The van der Waals surface area contributed by atoms with Crippen LogP contribution in [0.5, 0.6) is 0 Å². The van der Waals surface area contributed by atoms with E-state index in [0.717, 1.165) is 19.4 Å². The molecule has 2 rings (SSSR count). The summed E-state index contributed by atoms with van der Waals surface area (Å²) in [5.74, 6) is -0.282. The lowest BCUT2D eigenvalue weighted by molar-refractivity contribution is 0.0895. The van der Waals surface area contributed by atoms with Gasteiger partial charge >= 0.3 is 0 Å². The van der Waals surface area contributed by atoms with Gasteiger partial charge in [-0.1, -0.05) is 6.07 Å². The lowest BCUT2D eigenvalue weighted by Crippen LogP contribution is -2.42. The molecule has 2 N–H and O–H groups in total. The van der Waals surface area contributed by atoms with Crippen LogP contribution in [-0.4, -0.2) is 23.9 Å². The molecule has 0 aliphatic carbocycles. The summed E-state index contributed by atoms with van der Waals surface area (Å²) >= 11 is 5.19. The van der Waals surface area contributed by atoms with Crippen molar-refractivity contribution in [3.63, 3.8) is 0 Å². The molecule has 1 heterocycles. The van der Waals surface area contributed by atoms with Gasteiger partial charge in [-0.15, -0.1) is 0 Å². The molecule has 0 spiro atoms. The maximum atomic E-state index is 13.0. The van der Waals surface area contributed by atoms with E-state index in [0.29, 0.717) is 10.8 Å². The van der Waals surface area contributed by atoms with Gasteiger partial charge in [-0.05, 0) is 50.2 Å². The molecular formula is C13H17FN2OS. The van der Waals surface area contributed by atoms with E-state index in [2.05, 4.69) is 10.6 Å². The van der Waals surface area contributed by atoms with Crippen molar-refractivity contribution >= 4 is 23.0 Å². The van der Waals surface area contributed by atoms with Gasteiger partial charge in [0.2, 0.25) is 0 Å². The Morgan fingerprint density at radius 1 is 1.56 bits per heavy atom. The smallest absolute Gasteiger partial charge is 0.171 e. The Balaban J connectivity index is 1.84. The van der Waals surface area contributed by atoms with Gasteiger partial charge < -0.3 is 15.4 Å². The maximum Gasteiger partial charge on any atom is 0.171 e. The number of anilines is 1. The van der Waals surface area contributed by atoms with Gasteiger partial charge in [0.25, 0.3) is 0 Å². The molecule has 0 aromatic heterocycles. The fourth-order valence-electron chi connectivity index (χ4n) is 2.03. The zero-order valence-electron chi connectivity index (χ0n) is 10.3. The van der Waals surface area contributed by atoms with E-state index in [-0.39, 0.29) is 18.0 Å². The maximum absolute atomic E-state index is 13.0. The van der Waals surface area contributed by atoms with E-state index >= 15 is 0 Å². The van der Waals surface area contributed by atoms with E-state index < -0.39 is 0 Å². The first-order valence-electron chi connectivity index (χ1n) is 6.10. The third-order valence-corrected chi connectivity index (χ3v) is 3.18. The number of benzene rings is 1. The van der Waals surface area contributed by atoms with Crippen molar-refractivity contribution in [2.24, 2.45) is 0 Å². The Labute approximate surface area is 112 Å². The predicted molar refractivity (Wildman–Crippen MR) is 74.2 cm³/mol. The van der Waals surface area contributed by atoms with Crippen LogP contribution >= 0.6 is 12.2 Å². The van der Waals surface area contributed by atoms with E-state index in [1.54, 1.807) is 12.1 Å². The summed E-state index contributed by atoms with van der Waals surface area (Å²) in [4.78, 5) is 0. The second-order valence-electron chi connectivity index (χ2n) is 4.45. The quantitative estimate of drug-likeness (QED) is 0.826. The Bertz CT molecular complexity index is 421. The standard InChI is InChI=1S/C13H17FN2OS/c1-9(12-6-3-7-17-12)15-13(18)16-11-5-2-4-10(14)8-11/h2,4-5,8-9,12H,3,6-7H2,1H3,(H2,15,16,18). The summed E-state index contributed by atoms with van der Waals surface area (Å²) in [7, 11) is 0. The van der Waals surface area contributed by atoms with Crippen LogP contribution in [0.15, 0.2) is 24.3 Å². The molecule has 0 radical (unpaired) electrons. The summed E-state index contributed by atoms with van der Waals surface area (Å²) in [6, 6.07) is 6.37. The number of rotatable bonds is 3. The molecular weight excluding hydrogens is 251 g/mol. The van der Waals surface area contributed by atoms with E-state index in [4.69, 9.17) is 17.0 Å². The molecule has 5 heteroatoms. The normalized spacial score (nSPS) is 20.4. The van der Waals surface area contributed by atoms with E-state index in [1.807, 2.05) is 6.92 Å². The minimum Gasteiger partial charge on any atom is -0.376 e. The highest BCUT2D eigenvalue weighted by molar-refractivity contribution is 7.80. The highest BCUT2D eigenvalue weighted by Gasteiger charge is 2.22. The molecule has 0 saturated carbocycles. The van der Waals surface area contributed by atoms with Crippen LogP contribution in [0.25, 0.3) is 0 Å². The molecule has 1 fully saturated rings. The van der Waals surface area contributed by atoms with Crippen LogP contribution in [-0.2, 0) is 4.74 Å². The van der Waals surface area contributed by atoms with Crippen molar-refractivity contribution in [2.45, 2.75) is 31.9 Å². The molecule has 1 saturated heterocycles. The van der Waals surface area contributed by atoms with Crippen LogP contribution in [0, 0.1) is 5.82 Å². The number of halogens is 1. The van der Waals surface area contributed by atoms with Crippen molar-refractivity contribution in [1.29, 1.82) is 0 Å². The average Bonchev–Trinajstić information content (AvgIpc) is 2.81. The van der Waals surface area contributed by atoms with Gasteiger partial charge in [0.1, 0.15) is 5.82 Å². The summed E-state index contributed by atoms with van der Waals surface area (Å²) in [6.45, 7) is 2.86. The van der Waals surface area contributed by atoms with Gasteiger partial charge in [-0.25, -0.2) is 4.39 Å². The Hall–Kier alpha value is -1.20. The number of thiocarbonyl (C=S) groups is 1. The van der Waals surface area contributed by atoms with Crippen molar-refractivity contribution < 1.29 is 9.13 Å². The molecule has 1 aliphatic rings. The van der Waals surface area contributed by atoms with Crippen LogP contribution in [0.2, 0.25) is 0 Å². The number of hydrogen-bond acceptors (Lipinski definition) is 2. The molecule has 0 bridgehead atoms. The zero-order valence-corrected chi connectivity index (χ0v) is 11.1. The number of ether oxygens (including phenoxy) is 1. The van der Waals surface area contributed by atoms with Crippen LogP contribution in [0.1, 0.15) is 19.8 Å². The lowest BCUT2D eigenvalue weighted by Gasteiger charge is -2.22. The van der Waals surface area contributed by atoms with Crippen LogP contribution < -0.4 is 10.6 Å². The second-order valence-corrected chi connectivity index (χ2v) is 4.86. The summed E-state index contributed by atoms with van der Waals surface area (Å²) in [6.07, 6.45) is 2.36. The van der Waals surface area contributed by atoms with Gasteiger partial charge in [-0.3, -0.25) is 0 Å². The van der Waals surface area contributed by atoms with Crippen molar-refractivity contribution in [3.8, 4) is 0 Å². The van der Waals surface area contributed by atoms with Crippen molar-refractivity contribution in [3.05, 3.63) is 30.1 Å². The van der Waals surface area contributed by atoms with Gasteiger partial charge in [0.05, 0.1) is 12.1 Å². The molecule has 0 amide bonds. The van der Waals surface area contributed by atoms with Crippen molar-refractivity contribution in [2.75, 3.05) is 11.9 Å². The van der Waals surface area contributed by atoms with Crippen LogP contribution in [0.4, 0.5) is 10.1 Å². The fraction of sp³-hybridized carbons (Fsp3) is 0.462. The highest BCUT2D eigenvalue weighted by Crippen LogP contribution is 2.15. The van der Waals surface area contributed by atoms with Gasteiger partial charge in [-0.2, -0.15) is 0 Å². The number of hydrogen-bond donors (Lipinski definition) is 2. The molecule has 2 atom stereocenters. The fourth-order valence-corrected chi connectivity index (χ4v) is 2.33. The summed E-state index contributed by atoms with van der Waals surface area (Å²) in [5, 5.41) is 6.61. The third kappa shape index (κ3) is 3.65. The first-order valence-corrected chi connectivity index (χ1v) is 6.50. The monoisotopic (exact) mass is 268 g/mol. The van der Waals surface area contributed by atoms with Gasteiger partial charge in [0, 0.05) is 12.3 Å². The average molecular weight is 268 g/mol. The largest absolute Gasteiger partial charge is 0.376 e. The van der Waals surface area contributed by atoms with Gasteiger partial charge in [0.15, 0.2) is 5.11 Å². The zero-order chi connectivity index (χ0) is 13.0. The van der Waals surface area contributed by atoms with Crippen molar-refractivity contribution in [1.82, 2.24) is 5.32 Å². The highest BCUT2D eigenvalue weighted by atomic mass is 32.1. The minimum absolute atomic E-state index is 0.154. The molecule has 1 aliphatic heterocycles. The van der Waals surface area contributed by atoms with E-state index in [1.165, 1.54) is 12.1 Å². The Kier molecular flexibility index (Phi) is 4.49. The molecule has 1 aromatic rings. The molecule has 3 nitrogen and oxygen atoms in total. The SMILES string of the molecule is CC(NC(=S)Nc1cccc(F)c1)C1CCCO1. The summed E-state index contributed by atoms with van der Waals surface area (Å²) in [5.41, 5.74) is 0.645. The second kappa shape index (κ2) is 6.11. The topological polar surface area (TPSA) is 33.3 Å². The molecule has 2 unspecified atom stereocenters. The molecule has 98 valence electrons. The molecule has 18 heavy (non-hydrogen) atoms. The predicted octanol–water partition coefficient (Wildman–Crippen LogP) is 2.68. The third-order valence-electron chi connectivity index (χ3n) is 2.96. The Morgan fingerprint density at radius 3 is 3.06 bits per heavy atom. The Morgan fingerprint density at radius 2 is 2.39 bits per heavy atom. The lowest BCUT2D eigenvalue weighted by atomic mass is 10.1. The van der Waals surface area contributed by atoms with E-state index in [9.17, 15) is 4.39 Å². The minimum atomic E-state index is -0.282. The number of nitrogens with one attached hydrogen (secondary N) is 2.